The predicted octanol–water partition coefficient (Wildman–Crippen LogP) is 2.00. The average Bonchev–Trinajstić information content (AvgIpc) is 2.18. The van der Waals surface area contributed by atoms with Crippen LogP contribution >= 0.6 is 0 Å². The van der Waals surface area contributed by atoms with E-state index in [1.54, 1.807) is 0 Å². The quantitative estimate of drug-likeness (QED) is 0.766. The second-order valence-corrected chi connectivity index (χ2v) is 2.89. The standard InChI is InChI=1S/C11H15O2/c1-3-13-11-6-4-5-10(7-11)9(2)8-12/h4-7,9,12H,2-3,8H2,1H3. The van der Waals surface area contributed by atoms with Gasteiger partial charge < -0.3 is 9.84 Å². The first-order valence-corrected chi connectivity index (χ1v) is 4.44. The average molecular weight is 179 g/mol. The minimum Gasteiger partial charge on any atom is -0.494 e. The topological polar surface area (TPSA) is 29.5 Å². The maximum atomic E-state index is 8.91. The molecule has 1 radical (unpaired) electrons. The van der Waals surface area contributed by atoms with Crippen LogP contribution < -0.4 is 4.74 Å². The zero-order valence-electron chi connectivity index (χ0n) is 7.86. The molecule has 0 aliphatic rings. The molecule has 13 heavy (non-hydrogen) atoms. The number of aliphatic hydroxyl groups is 1. The molecule has 0 spiro atoms. The number of hydrogen-bond donors (Lipinski definition) is 1. The molecule has 2 nitrogen and oxygen atoms in total. The summed E-state index contributed by atoms with van der Waals surface area (Å²) >= 11 is 0. The number of benzene rings is 1. The lowest BCUT2D eigenvalue weighted by Gasteiger charge is -2.09. The van der Waals surface area contributed by atoms with E-state index in [0.717, 1.165) is 11.3 Å². The van der Waals surface area contributed by atoms with Crippen molar-refractivity contribution < 1.29 is 9.84 Å². The molecule has 1 atom stereocenters. The van der Waals surface area contributed by atoms with Gasteiger partial charge in [-0.25, -0.2) is 0 Å². The van der Waals surface area contributed by atoms with Crippen LogP contribution in [-0.4, -0.2) is 18.3 Å². The first kappa shape index (κ1) is 10.1. The molecule has 0 heterocycles. The Morgan fingerprint density at radius 3 is 2.92 bits per heavy atom. The van der Waals surface area contributed by atoms with Gasteiger partial charge in [-0.05, 0) is 31.5 Å². The summed E-state index contributed by atoms with van der Waals surface area (Å²) in [6.45, 7) is 6.49. The minimum atomic E-state index is -0.0691. The van der Waals surface area contributed by atoms with E-state index >= 15 is 0 Å². The third-order valence-corrected chi connectivity index (χ3v) is 1.86. The van der Waals surface area contributed by atoms with Gasteiger partial charge in [0.2, 0.25) is 0 Å². The van der Waals surface area contributed by atoms with E-state index in [1.165, 1.54) is 0 Å². The summed E-state index contributed by atoms with van der Waals surface area (Å²) in [5, 5.41) is 8.91. The summed E-state index contributed by atoms with van der Waals surface area (Å²) in [6.07, 6.45) is 0. The molecule has 1 N–H and O–H groups in total. The fourth-order valence-corrected chi connectivity index (χ4v) is 1.13. The molecule has 0 aromatic heterocycles. The van der Waals surface area contributed by atoms with Gasteiger partial charge in [0, 0.05) is 12.5 Å². The molecule has 71 valence electrons. The van der Waals surface area contributed by atoms with E-state index in [9.17, 15) is 0 Å². The van der Waals surface area contributed by atoms with E-state index in [1.807, 2.05) is 31.2 Å². The highest BCUT2D eigenvalue weighted by Crippen LogP contribution is 2.19. The highest BCUT2D eigenvalue weighted by molar-refractivity contribution is 5.31. The lowest BCUT2D eigenvalue weighted by molar-refractivity contribution is 0.282. The maximum absolute atomic E-state index is 8.91. The predicted molar refractivity (Wildman–Crippen MR) is 52.8 cm³/mol. The van der Waals surface area contributed by atoms with Crippen LogP contribution in [0.15, 0.2) is 24.3 Å². The van der Waals surface area contributed by atoms with Gasteiger partial charge in [0.15, 0.2) is 0 Å². The first-order chi connectivity index (χ1) is 6.27. The molecule has 1 aromatic carbocycles. The molecule has 2 heteroatoms. The zero-order valence-corrected chi connectivity index (χ0v) is 7.86. The normalized spacial score (nSPS) is 12.5. The Bertz CT molecular complexity index is 258. The molecule has 0 aliphatic heterocycles. The summed E-state index contributed by atoms with van der Waals surface area (Å²) in [5.74, 6) is 0.766. The van der Waals surface area contributed by atoms with Gasteiger partial charge in [-0.15, -0.1) is 0 Å². The van der Waals surface area contributed by atoms with Crippen LogP contribution in [0, 0.1) is 6.92 Å². The van der Waals surface area contributed by atoms with Crippen molar-refractivity contribution in [2.75, 3.05) is 13.2 Å². The molecular formula is C11H15O2. The Balaban J connectivity index is 2.78. The SMILES string of the molecule is [CH2]C(CO)c1cccc(OCC)c1. The van der Waals surface area contributed by atoms with E-state index in [0.29, 0.717) is 6.61 Å². The monoisotopic (exact) mass is 179 g/mol. The maximum Gasteiger partial charge on any atom is 0.119 e. The van der Waals surface area contributed by atoms with Gasteiger partial charge in [-0.1, -0.05) is 12.1 Å². The fourth-order valence-electron chi connectivity index (χ4n) is 1.13. The summed E-state index contributed by atoms with van der Waals surface area (Å²) < 4.78 is 5.33. The van der Waals surface area contributed by atoms with Gasteiger partial charge >= 0.3 is 0 Å². The van der Waals surface area contributed by atoms with Crippen molar-refractivity contribution in [2.24, 2.45) is 0 Å². The van der Waals surface area contributed by atoms with E-state index in [4.69, 9.17) is 9.84 Å². The van der Waals surface area contributed by atoms with Crippen LogP contribution in [-0.2, 0) is 0 Å². The van der Waals surface area contributed by atoms with Crippen molar-refractivity contribution in [1.29, 1.82) is 0 Å². The molecule has 1 rings (SSSR count). The Hall–Kier alpha value is -1.02. The lowest BCUT2D eigenvalue weighted by atomic mass is 10.0. The number of ether oxygens (including phenoxy) is 1. The van der Waals surface area contributed by atoms with Crippen molar-refractivity contribution in [3.8, 4) is 5.75 Å². The third-order valence-electron chi connectivity index (χ3n) is 1.86. The molecule has 0 saturated carbocycles. The number of rotatable bonds is 4. The van der Waals surface area contributed by atoms with Gasteiger partial charge in [-0.2, -0.15) is 0 Å². The lowest BCUT2D eigenvalue weighted by Crippen LogP contribution is -2.00. The summed E-state index contributed by atoms with van der Waals surface area (Å²) in [5.41, 5.74) is 1.01. The fraction of sp³-hybridized carbons (Fsp3) is 0.364. The van der Waals surface area contributed by atoms with Crippen LogP contribution in [0.25, 0.3) is 0 Å². The Morgan fingerprint density at radius 1 is 1.54 bits per heavy atom. The summed E-state index contributed by atoms with van der Waals surface area (Å²) in [6, 6.07) is 7.67. The molecule has 0 amide bonds. The van der Waals surface area contributed by atoms with Crippen molar-refractivity contribution >= 4 is 0 Å². The van der Waals surface area contributed by atoms with E-state index in [2.05, 4.69) is 6.92 Å². The Morgan fingerprint density at radius 2 is 2.31 bits per heavy atom. The summed E-state index contributed by atoms with van der Waals surface area (Å²) in [4.78, 5) is 0. The molecule has 0 bridgehead atoms. The van der Waals surface area contributed by atoms with Crippen molar-refractivity contribution in [3.05, 3.63) is 36.8 Å². The summed E-state index contributed by atoms with van der Waals surface area (Å²) in [7, 11) is 0. The number of aliphatic hydroxyl groups excluding tert-OH is 1. The van der Waals surface area contributed by atoms with Gasteiger partial charge in [-0.3, -0.25) is 0 Å². The second kappa shape index (κ2) is 4.87. The highest BCUT2D eigenvalue weighted by Gasteiger charge is 2.04. The molecule has 0 saturated heterocycles. The molecule has 1 aromatic rings. The Kier molecular flexibility index (Phi) is 3.77. The minimum absolute atomic E-state index is 0.0651. The largest absolute Gasteiger partial charge is 0.494 e. The molecule has 0 fully saturated rings. The van der Waals surface area contributed by atoms with Crippen molar-refractivity contribution in [3.63, 3.8) is 0 Å². The third kappa shape index (κ3) is 2.74. The van der Waals surface area contributed by atoms with Crippen molar-refractivity contribution in [1.82, 2.24) is 0 Å². The van der Waals surface area contributed by atoms with Gasteiger partial charge in [0.1, 0.15) is 5.75 Å². The van der Waals surface area contributed by atoms with Crippen LogP contribution in [0.3, 0.4) is 0 Å². The van der Waals surface area contributed by atoms with Crippen LogP contribution in [0.1, 0.15) is 18.4 Å². The molecule has 1 unspecified atom stereocenters. The van der Waals surface area contributed by atoms with Gasteiger partial charge in [0.05, 0.1) is 6.61 Å². The van der Waals surface area contributed by atoms with Gasteiger partial charge in [0.25, 0.3) is 0 Å². The highest BCUT2D eigenvalue weighted by atomic mass is 16.5. The molecule has 0 aliphatic carbocycles. The van der Waals surface area contributed by atoms with Crippen LogP contribution in [0.5, 0.6) is 5.75 Å². The van der Waals surface area contributed by atoms with Crippen molar-refractivity contribution in [2.45, 2.75) is 12.8 Å². The first-order valence-electron chi connectivity index (χ1n) is 4.44. The molecular weight excluding hydrogens is 164 g/mol. The van der Waals surface area contributed by atoms with E-state index in [-0.39, 0.29) is 12.5 Å². The zero-order chi connectivity index (χ0) is 9.68. The van der Waals surface area contributed by atoms with Crippen LogP contribution in [0.2, 0.25) is 0 Å². The van der Waals surface area contributed by atoms with E-state index < -0.39 is 0 Å². The smallest absolute Gasteiger partial charge is 0.119 e. The Labute approximate surface area is 79.2 Å². The number of hydrogen-bond acceptors (Lipinski definition) is 2. The second-order valence-electron chi connectivity index (χ2n) is 2.89. The van der Waals surface area contributed by atoms with Crippen LogP contribution in [0.4, 0.5) is 0 Å².